The Kier molecular flexibility index (Phi) is 7.55. The van der Waals surface area contributed by atoms with E-state index in [0.29, 0.717) is 11.7 Å². The number of hydrogen-bond donors (Lipinski definition) is 1. The van der Waals surface area contributed by atoms with Crippen molar-refractivity contribution in [2.75, 3.05) is 48.7 Å². The van der Waals surface area contributed by atoms with E-state index >= 15 is 0 Å². The summed E-state index contributed by atoms with van der Waals surface area (Å²) >= 11 is 3.07. The molecule has 10 heteroatoms. The number of amides is 1. The molecule has 8 nitrogen and oxygen atoms in total. The summed E-state index contributed by atoms with van der Waals surface area (Å²) in [6, 6.07) is 12.2. The highest BCUT2D eigenvalue weighted by Crippen LogP contribution is 2.21. The van der Waals surface area contributed by atoms with Gasteiger partial charge >= 0.3 is 0 Å². The summed E-state index contributed by atoms with van der Waals surface area (Å²) < 4.78 is 1.75. The van der Waals surface area contributed by atoms with Crippen LogP contribution in [0.3, 0.4) is 0 Å². The van der Waals surface area contributed by atoms with Crippen LogP contribution in [0.1, 0.15) is 11.8 Å². The lowest BCUT2D eigenvalue weighted by Crippen LogP contribution is -2.46. The van der Waals surface area contributed by atoms with Crippen LogP contribution in [0.5, 0.6) is 0 Å². The van der Waals surface area contributed by atoms with Crippen LogP contribution in [0.25, 0.3) is 0 Å². The maximum Gasteiger partial charge on any atom is 0.234 e. The SMILES string of the molecule is CCN1CCN(c2ccc(NC(=O)CSc3nnnn3CCc3cccs3)cc2)CC1. The number of thiophene rings is 1. The van der Waals surface area contributed by atoms with E-state index in [0.717, 1.165) is 44.8 Å². The molecule has 1 N–H and O–H groups in total. The quantitative estimate of drug-likeness (QED) is 0.495. The summed E-state index contributed by atoms with van der Waals surface area (Å²) in [4.78, 5) is 18.5. The van der Waals surface area contributed by atoms with E-state index in [1.54, 1.807) is 16.0 Å². The van der Waals surface area contributed by atoms with E-state index < -0.39 is 0 Å². The van der Waals surface area contributed by atoms with Gasteiger partial charge in [0.25, 0.3) is 0 Å². The number of aromatic nitrogens is 4. The van der Waals surface area contributed by atoms with Gasteiger partial charge in [-0.2, -0.15) is 0 Å². The Bertz CT molecular complexity index is 951. The summed E-state index contributed by atoms with van der Waals surface area (Å²) in [7, 11) is 0. The Morgan fingerprint density at radius 2 is 1.97 bits per heavy atom. The fraction of sp³-hybridized carbons (Fsp3) is 0.429. The fourth-order valence-electron chi connectivity index (χ4n) is 3.52. The smallest absolute Gasteiger partial charge is 0.234 e. The van der Waals surface area contributed by atoms with Crippen LogP contribution in [-0.4, -0.2) is 69.5 Å². The molecule has 3 aromatic rings. The molecule has 0 radical (unpaired) electrons. The molecule has 31 heavy (non-hydrogen) atoms. The van der Waals surface area contributed by atoms with Crippen molar-refractivity contribution in [3.8, 4) is 0 Å². The van der Waals surface area contributed by atoms with Gasteiger partial charge in [-0.15, -0.1) is 16.4 Å². The van der Waals surface area contributed by atoms with Crippen LogP contribution in [0.4, 0.5) is 11.4 Å². The molecule has 1 aromatic carbocycles. The lowest BCUT2D eigenvalue weighted by molar-refractivity contribution is -0.113. The lowest BCUT2D eigenvalue weighted by atomic mass is 10.2. The first-order chi connectivity index (χ1) is 15.2. The minimum Gasteiger partial charge on any atom is -0.369 e. The normalized spacial score (nSPS) is 14.7. The minimum absolute atomic E-state index is 0.0675. The predicted octanol–water partition coefficient (Wildman–Crippen LogP) is 2.85. The van der Waals surface area contributed by atoms with Crippen molar-refractivity contribution in [1.29, 1.82) is 0 Å². The number of piperazine rings is 1. The molecule has 1 saturated heterocycles. The summed E-state index contributed by atoms with van der Waals surface area (Å²) in [5.41, 5.74) is 2.01. The lowest BCUT2D eigenvalue weighted by Gasteiger charge is -2.35. The molecule has 3 heterocycles. The molecule has 164 valence electrons. The summed E-state index contributed by atoms with van der Waals surface area (Å²) in [5.74, 6) is 0.197. The van der Waals surface area contributed by atoms with Crippen molar-refractivity contribution < 1.29 is 4.79 Å². The van der Waals surface area contributed by atoms with Gasteiger partial charge in [-0.25, -0.2) is 4.68 Å². The highest BCUT2D eigenvalue weighted by molar-refractivity contribution is 7.99. The number of thioether (sulfide) groups is 1. The van der Waals surface area contributed by atoms with Crippen LogP contribution in [0, 0.1) is 0 Å². The second-order valence-electron chi connectivity index (χ2n) is 7.32. The van der Waals surface area contributed by atoms with Crippen molar-refractivity contribution in [3.63, 3.8) is 0 Å². The Balaban J connectivity index is 1.24. The van der Waals surface area contributed by atoms with E-state index in [9.17, 15) is 4.79 Å². The van der Waals surface area contributed by atoms with Gasteiger partial charge < -0.3 is 15.1 Å². The average Bonchev–Trinajstić information content (AvgIpc) is 3.49. The zero-order valence-corrected chi connectivity index (χ0v) is 19.2. The number of tetrazole rings is 1. The number of hydrogen-bond acceptors (Lipinski definition) is 8. The molecule has 1 aliphatic rings. The molecule has 4 rings (SSSR count). The van der Waals surface area contributed by atoms with Gasteiger partial charge in [0.05, 0.1) is 12.3 Å². The first-order valence-corrected chi connectivity index (χ1v) is 12.4. The molecule has 0 spiro atoms. The van der Waals surface area contributed by atoms with Gasteiger partial charge in [0.15, 0.2) is 0 Å². The molecule has 1 amide bonds. The van der Waals surface area contributed by atoms with Gasteiger partial charge in [-0.3, -0.25) is 4.79 Å². The third kappa shape index (κ3) is 6.05. The zero-order chi connectivity index (χ0) is 21.5. The monoisotopic (exact) mass is 457 g/mol. The standard InChI is InChI=1S/C21H27N7OS2/c1-2-26-11-13-27(14-12-26)18-7-5-17(6-8-18)22-20(29)16-31-21-23-24-25-28(21)10-9-19-4-3-15-30-19/h3-8,15H,2,9-14,16H2,1H3,(H,22,29). The van der Waals surface area contributed by atoms with Crippen LogP contribution < -0.4 is 10.2 Å². The third-order valence-corrected chi connectivity index (χ3v) is 7.21. The minimum atomic E-state index is -0.0675. The second-order valence-corrected chi connectivity index (χ2v) is 9.29. The molecule has 2 aromatic heterocycles. The van der Waals surface area contributed by atoms with Crippen molar-refractivity contribution in [1.82, 2.24) is 25.1 Å². The van der Waals surface area contributed by atoms with E-state index in [1.807, 2.05) is 18.2 Å². The van der Waals surface area contributed by atoms with E-state index in [2.05, 4.69) is 61.1 Å². The number of benzene rings is 1. The number of carbonyl (C=O) groups is 1. The summed E-state index contributed by atoms with van der Waals surface area (Å²) in [6.07, 6.45) is 0.877. The van der Waals surface area contributed by atoms with Crippen molar-refractivity contribution in [2.45, 2.75) is 25.0 Å². The topological polar surface area (TPSA) is 79.2 Å². The van der Waals surface area contributed by atoms with E-state index in [4.69, 9.17) is 0 Å². The average molecular weight is 458 g/mol. The Hall–Kier alpha value is -2.43. The number of aryl methyl sites for hydroxylation is 2. The number of nitrogens with zero attached hydrogens (tertiary/aromatic N) is 6. The Morgan fingerprint density at radius 3 is 2.68 bits per heavy atom. The predicted molar refractivity (Wildman–Crippen MR) is 126 cm³/mol. The van der Waals surface area contributed by atoms with Crippen molar-refractivity contribution in [2.24, 2.45) is 0 Å². The molecule has 0 saturated carbocycles. The molecule has 0 aliphatic carbocycles. The van der Waals surface area contributed by atoms with E-state index in [1.165, 1.54) is 22.3 Å². The molecular weight excluding hydrogens is 430 g/mol. The van der Waals surface area contributed by atoms with Crippen LogP contribution in [0.2, 0.25) is 0 Å². The zero-order valence-electron chi connectivity index (χ0n) is 17.6. The molecule has 0 bridgehead atoms. The summed E-state index contributed by atoms with van der Waals surface area (Å²) in [6.45, 7) is 8.28. The molecular formula is C21H27N7OS2. The van der Waals surface area contributed by atoms with Gasteiger partial charge in [0, 0.05) is 48.9 Å². The van der Waals surface area contributed by atoms with E-state index in [-0.39, 0.29) is 11.7 Å². The molecule has 0 atom stereocenters. The summed E-state index contributed by atoms with van der Waals surface area (Å²) in [5, 5.41) is 17.5. The third-order valence-electron chi connectivity index (χ3n) is 5.32. The maximum atomic E-state index is 12.4. The van der Waals surface area contributed by atoms with Crippen molar-refractivity contribution in [3.05, 3.63) is 46.7 Å². The van der Waals surface area contributed by atoms with Crippen LogP contribution >= 0.6 is 23.1 Å². The molecule has 1 aliphatic heterocycles. The largest absolute Gasteiger partial charge is 0.369 e. The highest BCUT2D eigenvalue weighted by Gasteiger charge is 2.16. The Morgan fingerprint density at radius 1 is 1.16 bits per heavy atom. The molecule has 1 fully saturated rings. The number of rotatable bonds is 9. The van der Waals surface area contributed by atoms with Gasteiger partial charge in [-0.1, -0.05) is 24.8 Å². The van der Waals surface area contributed by atoms with Crippen molar-refractivity contribution >= 4 is 40.4 Å². The second kappa shape index (κ2) is 10.7. The number of nitrogens with one attached hydrogen (secondary N) is 1. The van der Waals surface area contributed by atoms with Gasteiger partial charge in [-0.05, 0) is 52.7 Å². The number of likely N-dealkylation sites (N-methyl/N-ethyl adjacent to an activating group) is 1. The number of carbonyl (C=O) groups excluding carboxylic acids is 1. The first-order valence-electron chi connectivity index (χ1n) is 10.5. The number of anilines is 2. The highest BCUT2D eigenvalue weighted by atomic mass is 32.2. The Labute approximate surface area is 190 Å². The van der Waals surface area contributed by atoms with Crippen LogP contribution in [0.15, 0.2) is 46.9 Å². The fourth-order valence-corrected chi connectivity index (χ4v) is 4.92. The maximum absolute atomic E-state index is 12.4. The van der Waals surface area contributed by atoms with Gasteiger partial charge in [0.1, 0.15) is 0 Å². The van der Waals surface area contributed by atoms with Crippen LogP contribution in [-0.2, 0) is 17.8 Å². The first kappa shape index (κ1) is 21.8. The molecule has 0 unspecified atom stereocenters. The van der Waals surface area contributed by atoms with Gasteiger partial charge in [0.2, 0.25) is 11.1 Å².